The first kappa shape index (κ1) is 12.1. The lowest BCUT2D eigenvalue weighted by molar-refractivity contribution is 0.100. The number of carbonyl (C=O) groups is 1. The number of nitrogens with one attached hydrogen (secondary N) is 1. The zero-order valence-corrected chi connectivity index (χ0v) is 10.6. The quantitative estimate of drug-likeness (QED) is 0.680. The van der Waals surface area contributed by atoms with Crippen LogP contribution in [0.1, 0.15) is 23.2 Å². The Kier molecular flexibility index (Phi) is 3.49. The van der Waals surface area contributed by atoms with Crippen LogP contribution in [0.2, 0.25) is 0 Å². The average molecular weight is 255 g/mol. The highest BCUT2D eigenvalue weighted by Crippen LogP contribution is 2.27. The highest BCUT2D eigenvalue weighted by atomic mass is 32.1. The van der Waals surface area contributed by atoms with Crippen molar-refractivity contribution in [1.82, 2.24) is 9.27 Å². The van der Waals surface area contributed by atoms with Crippen molar-refractivity contribution in [2.75, 3.05) is 31.2 Å². The van der Waals surface area contributed by atoms with Crippen molar-refractivity contribution in [2.24, 2.45) is 5.73 Å². The van der Waals surface area contributed by atoms with E-state index in [9.17, 15) is 4.79 Å². The van der Waals surface area contributed by atoms with Crippen LogP contribution in [0.25, 0.3) is 0 Å². The summed E-state index contributed by atoms with van der Waals surface area (Å²) in [5.74, 6) is -0.324. The summed E-state index contributed by atoms with van der Waals surface area (Å²) in [5, 5.41) is 3.83. The van der Waals surface area contributed by atoms with Crippen LogP contribution in [0.3, 0.4) is 0 Å². The Labute approximate surface area is 104 Å². The van der Waals surface area contributed by atoms with Gasteiger partial charge in [-0.25, -0.2) is 0 Å². The largest absolute Gasteiger partial charge is 0.382 e. The lowest BCUT2D eigenvalue weighted by Crippen LogP contribution is -2.27. The van der Waals surface area contributed by atoms with Crippen LogP contribution >= 0.6 is 11.5 Å². The minimum absolute atomic E-state index is 0.209. The molecule has 0 atom stereocenters. The highest BCUT2D eigenvalue weighted by Gasteiger charge is 2.25. The van der Waals surface area contributed by atoms with Crippen molar-refractivity contribution in [1.29, 1.82) is 0 Å². The van der Waals surface area contributed by atoms with Crippen LogP contribution in [0.4, 0.5) is 10.8 Å². The van der Waals surface area contributed by atoms with E-state index in [2.05, 4.69) is 21.6 Å². The summed E-state index contributed by atoms with van der Waals surface area (Å²) in [6.45, 7) is 1.69. The molecule has 0 unspecified atom stereocenters. The summed E-state index contributed by atoms with van der Waals surface area (Å²) in [7, 11) is 2.11. The van der Waals surface area contributed by atoms with Crippen molar-refractivity contribution in [2.45, 2.75) is 18.9 Å². The summed E-state index contributed by atoms with van der Waals surface area (Å²) < 4.78 is 3.93. The number of carbonyl (C=O) groups excluding carboxylic acids is 1. The zero-order chi connectivity index (χ0) is 12.4. The van der Waals surface area contributed by atoms with Crippen LogP contribution < -0.4 is 16.8 Å². The Hall–Kier alpha value is -1.34. The van der Waals surface area contributed by atoms with Gasteiger partial charge in [-0.05, 0) is 31.4 Å². The summed E-state index contributed by atoms with van der Waals surface area (Å²) in [5.41, 5.74) is 11.1. The third-order valence-electron chi connectivity index (χ3n) is 2.89. The summed E-state index contributed by atoms with van der Waals surface area (Å²) in [6.07, 6.45) is 2.58. The van der Waals surface area contributed by atoms with Crippen molar-refractivity contribution >= 4 is 28.3 Å². The van der Waals surface area contributed by atoms with Gasteiger partial charge in [0, 0.05) is 19.1 Å². The Balaban J connectivity index is 1.87. The normalized spacial score (nSPS) is 15.2. The molecule has 94 valence electrons. The van der Waals surface area contributed by atoms with Gasteiger partial charge in [0.2, 0.25) is 0 Å². The van der Waals surface area contributed by atoms with E-state index in [1.54, 1.807) is 0 Å². The van der Waals surface area contributed by atoms with Gasteiger partial charge < -0.3 is 21.7 Å². The van der Waals surface area contributed by atoms with Crippen LogP contribution in [-0.4, -0.2) is 41.4 Å². The first-order valence-electron chi connectivity index (χ1n) is 5.58. The fraction of sp³-hybridized carbons (Fsp3) is 0.600. The number of hydrogen-bond donors (Lipinski definition) is 3. The van der Waals surface area contributed by atoms with E-state index in [1.165, 1.54) is 24.4 Å². The smallest absolute Gasteiger partial charge is 0.255 e. The van der Waals surface area contributed by atoms with Crippen molar-refractivity contribution in [3.63, 3.8) is 0 Å². The van der Waals surface area contributed by atoms with Crippen LogP contribution in [0.5, 0.6) is 0 Å². The fourth-order valence-electron chi connectivity index (χ4n) is 1.70. The number of nitrogen functional groups attached to an aromatic ring is 1. The molecule has 1 aromatic heterocycles. The molecule has 1 fully saturated rings. The number of likely N-dealkylation sites (N-methyl/N-ethyl adjacent to an activating group) is 1. The molecule has 1 aromatic rings. The van der Waals surface area contributed by atoms with E-state index in [1.807, 2.05) is 0 Å². The Morgan fingerprint density at radius 1 is 1.65 bits per heavy atom. The topological polar surface area (TPSA) is 97.3 Å². The maximum Gasteiger partial charge on any atom is 0.255 e. The third-order valence-corrected chi connectivity index (χ3v) is 3.70. The molecule has 0 aliphatic heterocycles. The van der Waals surface area contributed by atoms with Gasteiger partial charge in [-0.2, -0.15) is 4.37 Å². The molecule has 1 saturated carbocycles. The maximum atomic E-state index is 11.2. The van der Waals surface area contributed by atoms with Gasteiger partial charge in [-0.3, -0.25) is 4.79 Å². The lowest BCUT2D eigenvalue weighted by atomic mass is 10.3. The van der Waals surface area contributed by atoms with Gasteiger partial charge >= 0.3 is 0 Å². The molecule has 1 heterocycles. The molecule has 6 nitrogen and oxygen atoms in total. The maximum absolute atomic E-state index is 11.2. The molecule has 7 heteroatoms. The SMILES string of the molecule is CN(CCNc1snc(N)c1C(N)=O)C1CC1. The van der Waals surface area contributed by atoms with E-state index >= 15 is 0 Å². The predicted molar refractivity (Wildman–Crippen MR) is 69.2 cm³/mol. The fourth-order valence-corrected chi connectivity index (χ4v) is 2.45. The molecule has 1 aliphatic rings. The van der Waals surface area contributed by atoms with Gasteiger partial charge in [-0.1, -0.05) is 0 Å². The van der Waals surface area contributed by atoms with Crippen molar-refractivity contribution < 1.29 is 4.79 Å². The summed E-state index contributed by atoms with van der Waals surface area (Å²) >= 11 is 1.17. The standard InChI is InChI=1S/C10H17N5OS/c1-15(6-2-3-6)5-4-13-10-7(9(12)16)8(11)14-17-10/h6,13H,2-5H2,1H3,(H2,11,14)(H2,12,16). The van der Waals surface area contributed by atoms with E-state index in [4.69, 9.17) is 11.5 Å². The average Bonchev–Trinajstić information content (AvgIpc) is 3.03. The van der Waals surface area contributed by atoms with Gasteiger partial charge in [0.1, 0.15) is 10.6 Å². The Morgan fingerprint density at radius 2 is 2.35 bits per heavy atom. The van der Waals surface area contributed by atoms with Crippen molar-refractivity contribution in [3.05, 3.63) is 5.56 Å². The summed E-state index contributed by atoms with van der Waals surface area (Å²) in [6, 6.07) is 0.735. The van der Waals surface area contributed by atoms with Crippen LogP contribution in [-0.2, 0) is 0 Å². The van der Waals surface area contributed by atoms with E-state index in [0.717, 1.165) is 19.1 Å². The van der Waals surface area contributed by atoms with E-state index in [0.29, 0.717) is 10.6 Å². The number of rotatable bonds is 6. The molecule has 0 aromatic carbocycles. The molecule has 17 heavy (non-hydrogen) atoms. The molecule has 5 N–H and O–H groups in total. The monoisotopic (exact) mass is 255 g/mol. The second-order valence-corrected chi connectivity index (χ2v) is 5.05. The van der Waals surface area contributed by atoms with Gasteiger partial charge in [-0.15, -0.1) is 0 Å². The van der Waals surface area contributed by atoms with E-state index < -0.39 is 5.91 Å². The number of hydrogen-bond acceptors (Lipinski definition) is 6. The van der Waals surface area contributed by atoms with Gasteiger partial charge in [0.15, 0.2) is 5.82 Å². The minimum atomic E-state index is -0.533. The number of nitrogens with zero attached hydrogens (tertiary/aromatic N) is 2. The molecule has 1 aliphatic carbocycles. The van der Waals surface area contributed by atoms with Crippen LogP contribution in [0, 0.1) is 0 Å². The van der Waals surface area contributed by atoms with Gasteiger partial charge in [0.05, 0.1) is 0 Å². The molecule has 0 spiro atoms. The third kappa shape index (κ3) is 2.86. The predicted octanol–water partition coefficient (Wildman–Crippen LogP) is 0.330. The van der Waals surface area contributed by atoms with Crippen molar-refractivity contribution in [3.8, 4) is 0 Å². The van der Waals surface area contributed by atoms with E-state index in [-0.39, 0.29) is 5.82 Å². The van der Waals surface area contributed by atoms with Gasteiger partial charge in [0.25, 0.3) is 5.91 Å². The Morgan fingerprint density at radius 3 is 2.94 bits per heavy atom. The number of primary amides is 1. The zero-order valence-electron chi connectivity index (χ0n) is 9.77. The molecule has 0 radical (unpaired) electrons. The number of anilines is 2. The second kappa shape index (κ2) is 4.89. The minimum Gasteiger partial charge on any atom is -0.382 e. The molecule has 0 saturated heterocycles. The Bertz CT molecular complexity index is 415. The number of nitrogens with two attached hydrogens (primary N) is 2. The first-order chi connectivity index (χ1) is 8.09. The first-order valence-corrected chi connectivity index (χ1v) is 6.36. The van der Waals surface area contributed by atoms with Crippen LogP contribution in [0.15, 0.2) is 0 Å². The number of aromatic nitrogens is 1. The molecule has 2 rings (SSSR count). The summed E-state index contributed by atoms with van der Waals surface area (Å²) in [4.78, 5) is 13.5. The molecule has 0 bridgehead atoms. The highest BCUT2D eigenvalue weighted by molar-refractivity contribution is 7.11. The lowest BCUT2D eigenvalue weighted by Gasteiger charge is -2.15. The molecular formula is C10H17N5OS. The molecular weight excluding hydrogens is 238 g/mol. The number of amides is 1. The second-order valence-electron chi connectivity index (χ2n) is 4.27. The molecule has 1 amide bonds.